The smallest absolute Gasteiger partial charge is 0.196 e. The Morgan fingerprint density at radius 3 is 1.09 bits per heavy atom. The fraction of sp³-hybridized carbons (Fsp3) is 0.900. The summed E-state index contributed by atoms with van der Waals surface area (Å²) in [6.45, 7) is 8.25. The molecule has 2 aliphatic heterocycles. The second-order valence-corrected chi connectivity index (χ2v) is 9.45. The van der Waals surface area contributed by atoms with Gasteiger partial charge in [0.2, 0.25) is 0 Å². The second kappa shape index (κ2) is 9.27. The number of rotatable bonds is 4. The topological polar surface area (TPSA) is 120 Å². The molecule has 12 nitrogen and oxygen atoms in total. The van der Waals surface area contributed by atoms with Crippen molar-refractivity contribution in [2.45, 2.75) is 50.8 Å². The lowest BCUT2D eigenvalue weighted by Crippen LogP contribution is -2.76. The van der Waals surface area contributed by atoms with E-state index in [-0.39, 0.29) is 11.6 Å². The van der Waals surface area contributed by atoms with Gasteiger partial charge in [-0.2, -0.15) is 0 Å². The first-order chi connectivity index (χ1) is 14.4. The van der Waals surface area contributed by atoms with Gasteiger partial charge in [-0.3, -0.25) is 20.4 Å². The molecule has 0 amide bonds. The molecule has 4 unspecified atom stereocenters. The first-order valence-corrected chi connectivity index (χ1v) is 10.8. The van der Waals surface area contributed by atoms with Gasteiger partial charge in [0.1, 0.15) is 0 Å². The van der Waals surface area contributed by atoms with Crippen molar-refractivity contribution in [2.24, 2.45) is 21.5 Å². The summed E-state index contributed by atoms with van der Waals surface area (Å²) in [7, 11) is 19.8. The number of nitrogens with two attached hydrogens (primary N) is 2. The van der Waals surface area contributed by atoms with Crippen molar-refractivity contribution in [3.63, 3.8) is 0 Å². The lowest BCUT2D eigenvalue weighted by molar-refractivity contribution is -0.150. The van der Waals surface area contributed by atoms with Crippen LogP contribution in [0.4, 0.5) is 0 Å². The van der Waals surface area contributed by atoms with E-state index in [4.69, 9.17) is 11.5 Å². The minimum Gasteiger partial charge on any atom is -0.370 e. The number of aliphatic imine (C=N–C) groups is 2. The zero-order valence-electron chi connectivity index (χ0n) is 22.7. The van der Waals surface area contributed by atoms with Crippen LogP contribution in [-0.4, -0.2) is 135 Å². The maximum atomic E-state index is 5.99. The lowest BCUT2D eigenvalue weighted by Gasteiger charge is -2.57. The molecule has 32 heavy (non-hydrogen) atoms. The van der Waals surface area contributed by atoms with E-state index in [9.17, 15) is 0 Å². The SMILES string of the molecule is CNC1(C)N=C(N)N(C)C(C)(N(C)C)N1C.CNC1(C)N=C(N)N(C)C(C)(N(C)C)N1C. The number of hydrogen-bond donors (Lipinski definition) is 4. The molecule has 0 aromatic heterocycles. The third-order valence-electron chi connectivity index (χ3n) is 7.84. The molecule has 2 rings (SSSR count). The Morgan fingerprint density at radius 1 is 0.656 bits per heavy atom. The van der Waals surface area contributed by atoms with Crippen LogP contribution in [0.3, 0.4) is 0 Å². The average Bonchev–Trinajstić information content (AvgIpc) is 2.73. The van der Waals surface area contributed by atoms with E-state index in [0.717, 1.165) is 0 Å². The molecule has 0 saturated carbocycles. The standard InChI is InChI=1S/2C10H24N6/c2*1-9(12-3)13-8(11)15(6)10(2,14(4)5)16(9)7/h2*12H,1-7H3,(H2,11,13). The van der Waals surface area contributed by atoms with Gasteiger partial charge < -0.3 is 21.3 Å². The number of hydrogen-bond acceptors (Lipinski definition) is 12. The third-order valence-corrected chi connectivity index (χ3v) is 7.84. The highest BCUT2D eigenvalue weighted by molar-refractivity contribution is 5.80. The largest absolute Gasteiger partial charge is 0.370 e. The molecule has 12 heteroatoms. The van der Waals surface area contributed by atoms with E-state index in [1.807, 2.05) is 94.1 Å². The van der Waals surface area contributed by atoms with Gasteiger partial charge in [0.15, 0.2) is 35.1 Å². The summed E-state index contributed by atoms with van der Waals surface area (Å²) in [5, 5.41) is 6.39. The Kier molecular flexibility index (Phi) is 8.21. The monoisotopic (exact) mass is 456 g/mol. The number of nitrogens with one attached hydrogen (secondary N) is 2. The van der Waals surface area contributed by atoms with Crippen LogP contribution < -0.4 is 22.1 Å². The molecule has 4 atom stereocenters. The molecule has 0 fully saturated rings. The van der Waals surface area contributed by atoms with E-state index in [1.165, 1.54) is 0 Å². The van der Waals surface area contributed by atoms with Gasteiger partial charge in [-0.15, -0.1) is 0 Å². The first-order valence-electron chi connectivity index (χ1n) is 10.8. The predicted octanol–water partition coefficient (Wildman–Crippen LogP) is -1.39. The van der Waals surface area contributed by atoms with Crippen molar-refractivity contribution < 1.29 is 0 Å². The molecule has 2 aliphatic rings. The van der Waals surface area contributed by atoms with Gasteiger partial charge in [-0.05, 0) is 84.1 Å². The molecule has 188 valence electrons. The summed E-state index contributed by atoms with van der Waals surface area (Å²) in [5.41, 5.74) is 12.0. The summed E-state index contributed by atoms with van der Waals surface area (Å²) in [6.07, 6.45) is 0. The van der Waals surface area contributed by atoms with E-state index in [0.29, 0.717) is 11.9 Å². The molecule has 0 aromatic rings. The summed E-state index contributed by atoms with van der Waals surface area (Å²) in [5.74, 6) is -0.546. The Labute approximate surface area is 195 Å². The van der Waals surface area contributed by atoms with Crippen LogP contribution in [0.2, 0.25) is 0 Å². The minimum atomic E-state index is -0.490. The highest BCUT2D eigenvalue weighted by Crippen LogP contribution is 2.32. The van der Waals surface area contributed by atoms with E-state index in [1.54, 1.807) is 0 Å². The number of nitrogens with zero attached hydrogens (tertiary/aromatic N) is 8. The fourth-order valence-corrected chi connectivity index (χ4v) is 4.10. The Balaban J connectivity index is 0.000000320. The molecule has 0 bridgehead atoms. The maximum absolute atomic E-state index is 5.99. The van der Waals surface area contributed by atoms with Gasteiger partial charge in [-0.1, -0.05) is 0 Å². The highest BCUT2D eigenvalue weighted by Gasteiger charge is 2.50. The summed E-state index contributed by atoms with van der Waals surface area (Å²) in [4.78, 5) is 21.4. The molecule has 0 radical (unpaired) electrons. The van der Waals surface area contributed by atoms with Gasteiger partial charge >= 0.3 is 0 Å². The van der Waals surface area contributed by atoms with Crippen LogP contribution in [0, 0.1) is 0 Å². The van der Waals surface area contributed by atoms with Gasteiger partial charge in [0.25, 0.3) is 0 Å². The van der Waals surface area contributed by atoms with Crippen molar-refractivity contribution in [1.29, 1.82) is 0 Å². The normalized spacial score (nSPS) is 36.8. The Hall–Kier alpha value is -1.70. The van der Waals surface area contributed by atoms with Gasteiger partial charge in [0.05, 0.1) is 0 Å². The van der Waals surface area contributed by atoms with Crippen molar-refractivity contribution >= 4 is 11.9 Å². The quantitative estimate of drug-likeness (QED) is 0.402. The Morgan fingerprint density at radius 2 is 0.906 bits per heavy atom. The van der Waals surface area contributed by atoms with Crippen LogP contribution in [0.1, 0.15) is 27.7 Å². The van der Waals surface area contributed by atoms with Crippen molar-refractivity contribution in [1.82, 2.24) is 40.0 Å². The second-order valence-electron chi connectivity index (χ2n) is 9.45. The van der Waals surface area contributed by atoms with Crippen molar-refractivity contribution in [3.05, 3.63) is 0 Å². The molecule has 0 aliphatic carbocycles. The molecule has 2 heterocycles. The molecular formula is C20H48N12. The lowest BCUT2D eigenvalue weighted by atomic mass is 10.2. The molecular weight excluding hydrogens is 408 g/mol. The average molecular weight is 457 g/mol. The zero-order chi connectivity index (χ0) is 25.4. The molecule has 0 aromatic carbocycles. The van der Waals surface area contributed by atoms with Crippen LogP contribution in [-0.2, 0) is 0 Å². The van der Waals surface area contributed by atoms with E-state index in [2.05, 4.69) is 54.1 Å². The van der Waals surface area contributed by atoms with Crippen molar-refractivity contribution in [3.8, 4) is 0 Å². The molecule has 0 saturated heterocycles. The van der Waals surface area contributed by atoms with Crippen LogP contribution >= 0.6 is 0 Å². The maximum Gasteiger partial charge on any atom is 0.196 e. The Bertz CT molecular complexity index is 663. The van der Waals surface area contributed by atoms with Crippen molar-refractivity contribution in [2.75, 3.05) is 70.5 Å². The third kappa shape index (κ3) is 4.27. The molecule has 6 N–H and O–H groups in total. The predicted molar refractivity (Wildman–Crippen MR) is 133 cm³/mol. The zero-order valence-corrected chi connectivity index (χ0v) is 22.7. The number of guanidine groups is 2. The summed E-state index contributed by atoms with van der Waals surface area (Å²) < 4.78 is 0. The van der Waals surface area contributed by atoms with Crippen LogP contribution in [0.25, 0.3) is 0 Å². The van der Waals surface area contributed by atoms with E-state index < -0.39 is 11.6 Å². The van der Waals surface area contributed by atoms with Gasteiger partial charge in [-0.25, -0.2) is 19.8 Å². The summed E-state index contributed by atoms with van der Waals surface area (Å²) >= 11 is 0. The summed E-state index contributed by atoms with van der Waals surface area (Å²) in [6, 6.07) is 0. The van der Waals surface area contributed by atoms with Crippen LogP contribution in [0.5, 0.6) is 0 Å². The van der Waals surface area contributed by atoms with Gasteiger partial charge in [0, 0.05) is 14.1 Å². The highest BCUT2D eigenvalue weighted by atomic mass is 15.7. The minimum absolute atomic E-state index is 0.316. The van der Waals surface area contributed by atoms with E-state index >= 15 is 0 Å². The first kappa shape index (κ1) is 28.3. The fourth-order valence-electron chi connectivity index (χ4n) is 4.10. The van der Waals surface area contributed by atoms with Crippen LogP contribution in [0.15, 0.2) is 9.98 Å². The molecule has 0 spiro atoms.